The van der Waals surface area contributed by atoms with Crippen molar-refractivity contribution in [1.29, 1.82) is 0 Å². The van der Waals surface area contributed by atoms with E-state index >= 15 is 0 Å². The number of anilines is 1. The van der Waals surface area contributed by atoms with Gasteiger partial charge in [-0.05, 0) is 53.2 Å². The molecule has 0 atom stereocenters. The molecule has 0 aliphatic carbocycles. The molecule has 29 heavy (non-hydrogen) atoms. The lowest BCUT2D eigenvalue weighted by Crippen LogP contribution is -2.13. The fourth-order valence-corrected chi connectivity index (χ4v) is 4.34. The summed E-state index contributed by atoms with van der Waals surface area (Å²) in [6.07, 6.45) is 0. The van der Waals surface area contributed by atoms with Gasteiger partial charge in [-0.2, -0.15) is 0 Å². The van der Waals surface area contributed by atoms with Crippen molar-refractivity contribution in [3.05, 3.63) is 88.4 Å². The molecule has 0 saturated heterocycles. The Bertz CT molecular complexity index is 1440. The van der Waals surface area contributed by atoms with Gasteiger partial charge in [0.1, 0.15) is 11.6 Å². The third-order valence-corrected chi connectivity index (χ3v) is 5.71. The van der Waals surface area contributed by atoms with Crippen LogP contribution in [0, 0.1) is 12.7 Å². The van der Waals surface area contributed by atoms with E-state index in [9.17, 15) is 9.18 Å². The van der Waals surface area contributed by atoms with Gasteiger partial charge in [-0.25, -0.2) is 9.37 Å². The summed E-state index contributed by atoms with van der Waals surface area (Å²) in [5, 5.41) is 4.93. The Morgan fingerprint density at radius 1 is 1.03 bits per heavy atom. The summed E-state index contributed by atoms with van der Waals surface area (Å²) in [6.45, 7) is 1.95. The van der Waals surface area contributed by atoms with Gasteiger partial charge in [-0.3, -0.25) is 9.20 Å². The van der Waals surface area contributed by atoms with Crippen molar-refractivity contribution in [2.75, 3.05) is 5.32 Å². The number of hydrogen-bond donors (Lipinski definition) is 1. The summed E-state index contributed by atoms with van der Waals surface area (Å²) < 4.78 is 15.9. The number of nitrogens with one attached hydrogen (secondary N) is 1. The highest BCUT2D eigenvalue weighted by molar-refractivity contribution is 9.10. The van der Waals surface area contributed by atoms with Crippen LogP contribution in [0.5, 0.6) is 0 Å². The summed E-state index contributed by atoms with van der Waals surface area (Å²) in [7, 11) is 0. The second kappa shape index (κ2) is 6.67. The minimum absolute atomic E-state index is 0.311. The molecule has 0 aliphatic rings. The number of amides is 1. The third-order valence-electron chi connectivity index (χ3n) is 5.05. The van der Waals surface area contributed by atoms with Crippen LogP contribution in [0.25, 0.3) is 27.3 Å². The van der Waals surface area contributed by atoms with Gasteiger partial charge in [-0.15, -0.1) is 0 Å². The number of benzene rings is 3. The SMILES string of the molecule is Cc1nc2ccccc2c2c(NC(=O)c3ccc(F)cc3Br)c3ccccc3n12. The molecule has 0 radical (unpaired) electrons. The van der Waals surface area contributed by atoms with Crippen LogP contribution >= 0.6 is 15.9 Å². The molecule has 0 aliphatic heterocycles. The molecule has 1 N–H and O–H groups in total. The van der Waals surface area contributed by atoms with E-state index in [-0.39, 0.29) is 5.91 Å². The predicted octanol–water partition coefficient (Wildman–Crippen LogP) is 6.10. The van der Waals surface area contributed by atoms with Gasteiger partial charge < -0.3 is 5.32 Å². The molecule has 5 rings (SSSR count). The van der Waals surface area contributed by atoms with E-state index in [0.717, 1.165) is 33.1 Å². The second-order valence-corrected chi connectivity index (χ2v) is 7.68. The van der Waals surface area contributed by atoms with Crippen LogP contribution in [-0.4, -0.2) is 15.3 Å². The van der Waals surface area contributed by atoms with Gasteiger partial charge >= 0.3 is 0 Å². The van der Waals surface area contributed by atoms with Crippen LogP contribution in [-0.2, 0) is 0 Å². The Morgan fingerprint density at radius 2 is 1.76 bits per heavy atom. The molecule has 2 heterocycles. The first-order valence-corrected chi connectivity index (χ1v) is 9.89. The number of rotatable bonds is 2. The zero-order valence-electron chi connectivity index (χ0n) is 15.4. The molecule has 3 aromatic carbocycles. The van der Waals surface area contributed by atoms with Crippen LogP contribution < -0.4 is 5.32 Å². The lowest BCUT2D eigenvalue weighted by molar-refractivity contribution is 0.102. The highest BCUT2D eigenvalue weighted by atomic mass is 79.9. The summed E-state index contributed by atoms with van der Waals surface area (Å²) in [6, 6.07) is 19.8. The van der Waals surface area contributed by atoms with Crippen molar-refractivity contribution in [3.63, 3.8) is 0 Å². The molecule has 0 fully saturated rings. The molecule has 0 saturated carbocycles. The van der Waals surface area contributed by atoms with Crippen molar-refractivity contribution >= 4 is 54.8 Å². The van der Waals surface area contributed by atoms with Crippen LogP contribution in [0.15, 0.2) is 71.2 Å². The molecular formula is C23H15BrFN3O. The number of para-hydroxylation sites is 2. The van der Waals surface area contributed by atoms with Crippen LogP contribution in [0.2, 0.25) is 0 Å². The molecule has 2 aromatic heterocycles. The fourth-order valence-electron chi connectivity index (χ4n) is 3.81. The van der Waals surface area contributed by atoms with Crippen molar-refractivity contribution in [2.24, 2.45) is 0 Å². The highest BCUT2D eigenvalue weighted by Gasteiger charge is 2.20. The molecule has 142 valence electrons. The molecule has 6 heteroatoms. The minimum Gasteiger partial charge on any atom is -0.320 e. The van der Waals surface area contributed by atoms with E-state index in [4.69, 9.17) is 4.98 Å². The number of carbonyl (C=O) groups excluding carboxylic acids is 1. The van der Waals surface area contributed by atoms with Crippen LogP contribution in [0.1, 0.15) is 16.2 Å². The number of aromatic nitrogens is 2. The van der Waals surface area contributed by atoms with Gasteiger partial charge in [0.05, 0.1) is 27.8 Å². The average Bonchev–Trinajstić information content (AvgIpc) is 3.03. The largest absolute Gasteiger partial charge is 0.320 e. The maximum absolute atomic E-state index is 13.5. The monoisotopic (exact) mass is 447 g/mol. The number of aryl methyl sites for hydroxylation is 1. The van der Waals surface area contributed by atoms with Crippen molar-refractivity contribution in [2.45, 2.75) is 6.92 Å². The summed E-state index contributed by atoms with van der Waals surface area (Å²) in [5.41, 5.74) is 3.79. The minimum atomic E-state index is -0.402. The normalized spacial score (nSPS) is 11.4. The van der Waals surface area contributed by atoms with E-state index in [1.165, 1.54) is 18.2 Å². The Balaban J connectivity index is 1.81. The van der Waals surface area contributed by atoms with Crippen molar-refractivity contribution < 1.29 is 9.18 Å². The lowest BCUT2D eigenvalue weighted by Gasteiger charge is -2.10. The third kappa shape index (κ3) is 2.79. The van der Waals surface area contributed by atoms with E-state index in [0.29, 0.717) is 15.7 Å². The maximum atomic E-state index is 13.5. The molecule has 0 bridgehead atoms. The van der Waals surface area contributed by atoms with Gasteiger partial charge in [0, 0.05) is 15.2 Å². The summed E-state index contributed by atoms with van der Waals surface area (Å²) in [4.78, 5) is 17.8. The van der Waals surface area contributed by atoms with Crippen molar-refractivity contribution in [1.82, 2.24) is 9.38 Å². The van der Waals surface area contributed by atoms with Crippen molar-refractivity contribution in [3.8, 4) is 0 Å². The Kier molecular flexibility index (Phi) is 4.10. The first-order chi connectivity index (χ1) is 14.0. The van der Waals surface area contributed by atoms with Crippen LogP contribution in [0.3, 0.4) is 0 Å². The maximum Gasteiger partial charge on any atom is 0.256 e. The summed E-state index contributed by atoms with van der Waals surface area (Å²) >= 11 is 3.29. The first-order valence-electron chi connectivity index (χ1n) is 9.09. The van der Waals surface area contributed by atoms with Gasteiger partial charge in [0.25, 0.3) is 5.91 Å². The standard InChI is InChI=1S/C23H15BrFN3O/c1-13-26-19-8-4-2-6-16(19)22-21(17-7-3-5-9-20(17)28(13)22)27-23(29)15-11-10-14(25)12-18(15)24/h2-12H,1H3,(H,27,29). The number of carbonyl (C=O) groups is 1. The average molecular weight is 448 g/mol. The molecular weight excluding hydrogens is 433 g/mol. The molecule has 0 unspecified atom stereocenters. The first kappa shape index (κ1) is 17.8. The zero-order chi connectivity index (χ0) is 20.1. The van der Waals surface area contributed by atoms with E-state index < -0.39 is 5.82 Å². The van der Waals surface area contributed by atoms with Gasteiger partial charge in [0.2, 0.25) is 0 Å². The predicted molar refractivity (Wildman–Crippen MR) is 117 cm³/mol. The molecule has 1 amide bonds. The Morgan fingerprint density at radius 3 is 2.55 bits per heavy atom. The van der Waals surface area contributed by atoms with Gasteiger partial charge in [-0.1, -0.05) is 36.4 Å². The van der Waals surface area contributed by atoms with E-state index in [2.05, 4.69) is 25.6 Å². The second-order valence-electron chi connectivity index (χ2n) is 6.83. The van der Waals surface area contributed by atoms with Crippen LogP contribution in [0.4, 0.5) is 10.1 Å². The highest BCUT2D eigenvalue weighted by Crippen LogP contribution is 2.36. The van der Waals surface area contributed by atoms with Gasteiger partial charge in [0.15, 0.2) is 0 Å². The lowest BCUT2D eigenvalue weighted by atomic mass is 10.1. The fraction of sp³-hybridized carbons (Fsp3) is 0.0435. The Labute approximate surface area is 174 Å². The topological polar surface area (TPSA) is 46.4 Å². The van der Waals surface area contributed by atoms with E-state index in [1.54, 1.807) is 0 Å². The number of halogens is 2. The molecule has 5 aromatic rings. The molecule has 0 spiro atoms. The number of nitrogens with zero attached hydrogens (tertiary/aromatic N) is 2. The van der Waals surface area contributed by atoms with E-state index in [1.807, 2.05) is 55.5 Å². The smallest absolute Gasteiger partial charge is 0.256 e. The summed E-state index contributed by atoms with van der Waals surface area (Å²) in [5.74, 6) is 0.118. The number of fused-ring (bicyclic) bond motifs is 5. The quantitative estimate of drug-likeness (QED) is 0.355. The number of hydrogen-bond acceptors (Lipinski definition) is 2. The zero-order valence-corrected chi connectivity index (χ0v) is 17.0. The molecule has 4 nitrogen and oxygen atoms in total. The Hall–Kier alpha value is -3.25.